The van der Waals surface area contributed by atoms with Gasteiger partial charge >= 0.3 is 0 Å². The summed E-state index contributed by atoms with van der Waals surface area (Å²) in [6.45, 7) is 4.14. The highest BCUT2D eigenvalue weighted by molar-refractivity contribution is 5.96. The quantitative estimate of drug-likeness (QED) is 0.636. The number of hydrogen-bond donors (Lipinski definition) is 1. The Morgan fingerprint density at radius 2 is 2.27 bits per heavy atom. The summed E-state index contributed by atoms with van der Waals surface area (Å²) in [7, 11) is 0. The van der Waals surface area contributed by atoms with E-state index in [1.165, 1.54) is 5.57 Å². The van der Waals surface area contributed by atoms with Crippen LogP contribution in [0.3, 0.4) is 0 Å². The number of nitrogens with one attached hydrogen (secondary N) is 1. The van der Waals surface area contributed by atoms with Crippen LogP contribution in [-0.2, 0) is 0 Å². The van der Waals surface area contributed by atoms with Gasteiger partial charge < -0.3 is 5.32 Å². The number of pyridine rings is 1. The normalized spacial score (nSPS) is 12.4. The van der Waals surface area contributed by atoms with Crippen molar-refractivity contribution in [3.63, 3.8) is 0 Å². The van der Waals surface area contributed by atoms with E-state index in [-0.39, 0.29) is 0 Å². The lowest BCUT2D eigenvalue weighted by molar-refractivity contribution is 0.112. The van der Waals surface area contributed by atoms with Gasteiger partial charge in [-0.05, 0) is 37.6 Å². The van der Waals surface area contributed by atoms with Crippen LogP contribution in [0.25, 0.3) is 10.9 Å². The van der Waals surface area contributed by atoms with E-state index < -0.39 is 0 Å². The third-order valence-corrected chi connectivity index (χ3v) is 3.22. The van der Waals surface area contributed by atoms with Gasteiger partial charge in [0, 0.05) is 35.8 Å². The number of carbonyl (C=O) groups is 1. The molecule has 2 rings (SSSR count). The zero-order valence-electron chi connectivity index (χ0n) is 12.8. The van der Waals surface area contributed by atoms with Crippen molar-refractivity contribution in [1.29, 1.82) is 0 Å². The van der Waals surface area contributed by atoms with Crippen molar-refractivity contribution in [2.75, 3.05) is 5.32 Å². The third kappa shape index (κ3) is 4.12. The molecule has 4 heteroatoms. The van der Waals surface area contributed by atoms with Gasteiger partial charge in [0.1, 0.15) is 6.29 Å². The number of fused-ring (bicyclic) bond motifs is 1. The number of rotatable bonds is 6. The predicted molar refractivity (Wildman–Crippen MR) is 92.4 cm³/mol. The van der Waals surface area contributed by atoms with Gasteiger partial charge in [-0.3, -0.25) is 14.8 Å². The maximum atomic E-state index is 11.0. The molecular formula is C18H19N3O. The molecule has 4 nitrogen and oxygen atoms in total. The number of aldehydes is 1. The number of nitrogens with zero attached hydrogens (tertiary/aromatic N) is 2. The molecule has 0 aliphatic rings. The molecule has 2 aromatic rings. The molecule has 0 fully saturated rings. The molecule has 0 atom stereocenters. The molecule has 0 radical (unpaired) electrons. The second kappa shape index (κ2) is 7.88. The summed E-state index contributed by atoms with van der Waals surface area (Å²) in [4.78, 5) is 19.6. The van der Waals surface area contributed by atoms with Gasteiger partial charge in [-0.15, -0.1) is 0 Å². The van der Waals surface area contributed by atoms with Gasteiger partial charge in [0.15, 0.2) is 0 Å². The van der Waals surface area contributed by atoms with Crippen molar-refractivity contribution in [2.24, 2.45) is 4.99 Å². The molecule has 0 amide bonds. The van der Waals surface area contributed by atoms with E-state index in [0.29, 0.717) is 5.56 Å². The first-order chi connectivity index (χ1) is 10.7. The molecule has 0 aliphatic heterocycles. The van der Waals surface area contributed by atoms with Crippen LogP contribution in [-0.4, -0.2) is 17.5 Å². The maximum absolute atomic E-state index is 11.0. The average Bonchev–Trinajstić information content (AvgIpc) is 2.57. The van der Waals surface area contributed by atoms with Gasteiger partial charge in [0.2, 0.25) is 0 Å². The molecule has 0 saturated heterocycles. The standard InChI is InChI=1S/C18H19N3O/c1-3-14(2)12-19-7-5-9-20-17-11-15(13-22)10-16-6-4-8-21-18(16)17/h4-13,20H,3H2,1-2H3/b9-5-,14-12+,19-7+. The fourth-order valence-electron chi connectivity index (χ4n) is 1.89. The maximum Gasteiger partial charge on any atom is 0.150 e. The summed E-state index contributed by atoms with van der Waals surface area (Å²) in [5.41, 5.74) is 3.47. The number of benzene rings is 1. The molecule has 22 heavy (non-hydrogen) atoms. The topological polar surface area (TPSA) is 54.4 Å². The SMILES string of the molecule is CC/C(C)=C/N=C/C=C\Nc1cc(C=O)cc2cccnc12. The average molecular weight is 293 g/mol. The first-order valence-electron chi connectivity index (χ1n) is 7.19. The Morgan fingerprint density at radius 3 is 3.05 bits per heavy atom. The number of anilines is 1. The van der Waals surface area contributed by atoms with Crippen LogP contribution >= 0.6 is 0 Å². The van der Waals surface area contributed by atoms with E-state index in [1.54, 1.807) is 24.7 Å². The van der Waals surface area contributed by atoms with Crippen molar-refractivity contribution in [2.45, 2.75) is 20.3 Å². The summed E-state index contributed by atoms with van der Waals surface area (Å²) in [6.07, 6.45) is 10.7. The van der Waals surface area contributed by atoms with Crippen LogP contribution in [0.5, 0.6) is 0 Å². The van der Waals surface area contributed by atoms with Crippen LogP contribution < -0.4 is 5.32 Å². The second-order valence-corrected chi connectivity index (χ2v) is 4.89. The number of hydrogen-bond acceptors (Lipinski definition) is 4. The smallest absolute Gasteiger partial charge is 0.150 e. The molecular weight excluding hydrogens is 274 g/mol. The highest BCUT2D eigenvalue weighted by atomic mass is 16.1. The summed E-state index contributed by atoms with van der Waals surface area (Å²) < 4.78 is 0. The summed E-state index contributed by atoms with van der Waals surface area (Å²) >= 11 is 0. The number of aromatic nitrogens is 1. The molecule has 112 valence electrons. The molecule has 0 spiro atoms. The third-order valence-electron chi connectivity index (χ3n) is 3.22. The van der Waals surface area contributed by atoms with E-state index in [1.807, 2.05) is 37.4 Å². The Morgan fingerprint density at radius 1 is 1.41 bits per heavy atom. The largest absolute Gasteiger partial charge is 0.360 e. The van der Waals surface area contributed by atoms with Crippen LogP contribution in [0, 0.1) is 0 Å². The van der Waals surface area contributed by atoms with Crippen LogP contribution in [0.4, 0.5) is 5.69 Å². The van der Waals surface area contributed by atoms with E-state index in [2.05, 4.69) is 22.2 Å². The molecule has 1 aromatic heterocycles. The molecule has 1 heterocycles. The monoisotopic (exact) mass is 293 g/mol. The summed E-state index contributed by atoms with van der Waals surface area (Å²) in [5.74, 6) is 0. The molecule has 1 N–H and O–H groups in total. The van der Waals surface area contributed by atoms with Crippen LogP contribution in [0.2, 0.25) is 0 Å². The van der Waals surface area contributed by atoms with Crippen molar-refractivity contribution >= 4 is 29.1 Å². The van der Waals surface area contributed by atoms with Crippen molar-refractivity contribution < 1.29 is 4.79 Å². The molecule has 0 unspecified atom stereocenters. The molecule has 0 bridgehead atoms. The number of aliphatic imine (C=N–C) groups is 1. The van der Waals surface area contributed by atoms with Gasteiger partial charge in [-0.2, -0.15) is 0 Å². The highest BCUT2D eigenvalue weighted by Crippen LogP contribution is 2.22. The van der Waals surface area contributed by atoms with E-state index >= 15 is 0 Å². The van der Waals surface area contributed by atoms with Gasteiger partial charge in [-0.25, -0.2) is 0 Å². The Hall–Kier alpha value is -2.75. The van der Waals surface area contributed by atoms with Gasteiger partial charge in [0.25, 0.3) is 0 Å². The molecule has 1 aromatic carbocycles. The van der Waals surface area contributed by atoms with Crippen LogP contribution in [0.1, 0.15) is 30.6 Å². The van der Waals surface area contributed by atoms with Gasteiger partial charge in [-0.1, -0.05) is 18.6 Å². The zero-order chi connectivity index (χ0) is 15.8. The Labute approximate surface area is 130 Å². The Bertz CT molecular complexity index is 745. The van der Waals surface area contributed by atoms with Gasteiger partial charge in [0.05, 0.1) is 11.2 Å². The first kappa shape index (κ1) is 15.6. The summed E-state index contributed by atoms with van der Waals surface area (Å²) in [6, 6.07) is 7.39. The van der Waals surface area contributed by atoms with E-state index in [4.69, 9.17) is 0 Å². The second-order valence-electron chi connectivity index (χ2n) is 4.89. The van der Waals surface area contributed by atoms with E-state index in [9.17, 15) is 4.79 Å². The minimum absolute atomic E-state index is 0.617. The first-order valence-corrected chi connectivity index (χ1v) is 7.19. The fraction of sp³-hybridized carbons (Fsp3) is 0.167. The minimum Gasteiger partial charge on any atom is -0.360 e. The number of carbonyl (C=O) groups excluding carboxylic acids is 1. The lowest BCUT2D eigenvalue weighted by atomic mass is 10.1. The molecule has 0 aliphatic carbocycles. The van der Waals surface area contributed by atoms with E-state index in [0.717, 1.165) is 29.3 Å². The minimum atomic E-state index is 0.617. The van der Waals surface area contributed by atoms with Crippen molar-refractivity contribution in [3.05, 3.63) is 60.1 Å². The van der Waals surface area contributed by atoms with Crippen molar-refractivity contribution in [1.82, 2.24) is 4.98 Å². The van der Waals surface area contributed by atoms with Crippen molar-refractivity contribution in [3.8, 4) is 0 Å². The Kier molecular flexibility index (Phi) is 5.60. The predicted octanol–water partition coefficient (Wildman–Crippen LogP) is 4.36. The zero-order valence-corrected chi connectivity index (χ0v) is 12.8. The molecule has 0 saturated carbocycles. The summed E-state index contributed by atoms with van der Waals surface area (Å²) in [5, 5.41) is 4.08. The lowest BCUT2D eigenvalue weighted by Crippen LogP contribution is -1.93. The lowest BCUT2D eigenvalue weighted by Gasteiger charge is -2.06. The van der Waals surface area contributed by atoms with Crippen LogP contribution in [0.15, 0.2) is 59.5 Å². The Balaban J connectivity index is 2.16. The highest BCUT2D eigenvalue weighted by Gasteiger charge is 2.03. The fourth-order valence-corrected chi connectivity index (χ4v) is 1.89. The number of allylic oxidation sites excluding steroid dienone is 2.